The number of aromatic carboxylic acids is 1. The molecule has 0 radical (unpaired) electrons. The highest BCUT2D eigenvalue weighted by molar-refractivity contribution is 5.95. The van der Waals surface area contributed by atoms with Crippen LogP contribution in [0.1, 0.15) is 67.2 Å². The van der Waals surface area contributed by atoms with Crippen LogP contribution in [-0.4, -0.2) is 30.8 Å². The summed E-state index contributed by atoms with van der Waals surface area (Å²) in [6.07, 6.45) is 7.75. The predicted molar refractivity (Wildman–Crippen MR) is 113 cm³/mol. The van der Waals surface area contributed by atoms with Gasteiger partial charge in [-0.3, -0.25) is 4.98 Å². The Morgan fingerprint density at radius 3 is 2.59 bits per heavy atom. The van der Waals surface area contributed by atoms with E-state index in [0.717, 1.165) is 48.7 Å². The molecule has 152 valence electrons. The number of carboxylic acid groups (broad SMARTS) is 1. The number of carboxylic acids is 1. The summed E-state index contributed by atoms with van der Waals surface area (Å²) in [4.78, 5) is 20.8. The molecule has 3 rings (SSSR count). The van der Waals surface area contributed by atoms with Crippen molar-refractivity contribution in [1.29, 1.82) is 0 Å². The molecular weight excluding hydrogens is 364 g/mol. The molecule has 0 saturated heterocycles. The Hall–Kier alpha value is -3.02. The van der Waals surface area contributed by atoms with Crippen molar-refractivity contribution in [2.45, 2.75) is 58.9 Å². The van der Waals surface area contributed by atoms with Gasteiger partial charge in [0.25, 0.3) is 0 Å². The first-order valence-electron chi connectivity index (χ1n) is 10.3. The van der Waals surface area contributed by atoms with Crippen LogP contribution >= 0.6 is 0 Å². The van der Waals surface area contributed by atoms with Gasteiger partial charge in [0.05, 0.1) is 5.56 Å². The Labute approximate surface area is 171 Å². The molecule has 29 heavy (non-hydrogen) atoms. The number of hydrogen-bond donors (Lipinski definition) is 1. The highest BCUT2D eigenvalue weighted by atomic mass is 16.4. The van der Waals surface area contributed by atoms with Crippen molar-refractivity contribution < 1.29 is 9.90 Å². The number of carbonyl (C=O) groups is 1. The minimum Gasteiger partial charge on any atom is -0.478 e. The fourth-order valence-electron chi connectivity index (χ4n) is 3.36. The van der Waals surface area contributed by atoms with Gasteiger partial charge in [-0.1, -0.05) is 51.0 Å². The van der Waals surface area contributed by atoms with E-state index in [-0.39, 0.29) is 5.56 Å². The van der Waals surface area contributed by atoms with E-state index in [1.54, 1.807) is 24.4 Å². The lowest BCUT2D eigenvalue weighted by molar-refractivity contribution is 0.0697. The second-order valence-corrected chi connectivity index (χ2v) is 7.19. The number of pyridine rings is 1. The summed E-state index contributed by atoms with van der Waals surface area (Å²) in [6.45, 7) is 5.17. The van der Waals surface area contributed by atoms with Crippen LogP contribution in [0.3, 0.4) is 0 Å². The van der Waals surface area contributed by atoms with Crippen molar-refractivity contribution in [3.05, 3.63) is 65.5 Å². The molecule has 0 fully saturated rings. The van der Waals surface area contributed by atoms with Crippen molar-refractivity contribution in [3.63, 3.8) is 0 Å². The minimum absolute atomic E-state index is 0.279. The van der Waals surface area contributed by atoms with E-state index in [1.807, 2.05) is 22.9 Å². The fourth-order valence-corrected chi connectivity index (χ4v) is 3.36. The molecule has 0 aliphatic carbocycles. The highest BCUT2D eigenvalue weighted by Gasteiger charge is 2.13. The molecule has 0 atom stereocenters. The molecule has 2 aromatic heterocycles. The Kier molecular flexibility index (Phi) is 7.11. The van der Waals surface area contributed by atoms with Crippen LogP contribution in [0.15, 0.2) is 42.6 Å². The molecule has 0 unspecified atom stereocenters. The summed E-state index contributed by atoms with van der Waals surface area (Å²) in [5, 5.41) is 14.1. The molecular formula is C23H28N4O2. The quantitative estimate of drug-likeness (QED) is 0.503. The van der Waals surface area contributed by atoms with Gasteiger partial charge in [0.1, 0.15) is 5.82 Å². The van der Waals surface area contributed by atoms with Crippen LogP contribution in [0.4, 0.5) is 0 Å². The molecule has 0 spiro atoms. The monoisotopic (exact) mass is 392 g/mol. The Balaban J connectivity index is 1.78. The number of benzene rings is 1. The molecule has 6 nitrogen and oxygen atoms in total. The van der Waals surface area contributed by atoms with E-state index >= 15 is 0 Å². The molecule has 3 aromatic rings. The molecule has 0 saturated carbocycles. The summed E-state index contributed by atoms with van der Waals surface area (Å²) in [7, 11) is 0. The topological polar surface area (TPSA) is 80.9 Å². The molecule has 0 aliphatic heterocycles. The van der Waals surface area contributed by atoms with E-state index in [2.05, 4.69) is 23.9 Å². The maximum atomic E-state index is 11.5. The zero-order valence-corrected chi connectivity index (χ0v) is 17.1. The van der Waals surface area contributed by atoms with Crippen molar-refractivity contribution in [2.75, 3.05) is 0 Å². The Bertz CT molecular complexity index is 948. The number of rotatable bonds is 10. The van der Waals surface area contributed by atoms with Gasteiger partial charge in [-0.05, 0) is 30.5 Å². The van der Waals surface area contributed by atoms with Gasteiger partial charge in [-0.25, -0.2) is 14.5 Å². The summed E-state index contributed by atoms with van der Waals surface area (Å²) in [5.74, 6) is 0.909. The molecule has 0 aliphatic rings. The maximum Gasteiger partial charge on any atom is 0.336 e. The summed E-state index contributed by atoms with van der Waals surface area (Å²) in [6, 6.07) is 10.8. The molecule has 0 amide bonds. The van der Waals surface area contributed by atoms with E-state index < -0.39 is 5.97 Å². The summed E-state index contributed by atoms with van der Waals surface area (Å²) < 4.78 is 2.00. The van der Waals surface area contributed by atoms with Gasteiger partial charge >= 0.3 is 5.97 Å². The largest absolute Gasteiger partial charge is 0.478 e. The van der Waals surface area contributed by atoms with Crippen LogP contribution in [0.5, 0.6) is 0 Å². The molecule has 6 heteroatoms. The second-order valence-electron chi connectivity index (χ2n) is 7.19. The first kappa shape index (κ1) is 20.7. The zero-order chi connectivity index (χ0) is 20.6. The van der Waals surface area contributed by atoms with Gasteiger partial charge in [-0.2, -0.15) is 5.10 Å². The first-order chi connectivity index (χ1) is 14.1. The lowest BCUT2D eigenvalue weighted by atomic mass is 10.0. The Morgan fingerprint density at radius 2 is 1.90 bits per heavy atom. The Morgan fingerprint density at radius 1 is 1.07 bits per heavy atom. The molecule has 2 heterocycles. The summed E-state index contributed by atoms with van der Waals surface area (Å²) >= 11 is 0. The number of hydrogen-bond acceptors (Lipinski definition) is 4. The van der Waals surface area contributed by atoms with E-state index in [0.29, 0.717) is 12.0 Å². The molecule has 1 aromatic carbocycles. The van der Waals surface area contributed by atoms with Gasteiger partial charge in [0.2, 0.25) is 0 Å². The number of aromatic nitrogens is 4. The SMILES string of the molecule is CCCCCc1nc(Cc2ccc(-c3ccccc3C(=O)O)cn2)n(CCC)n1. The van der Waals surface area contributed by atoms with Crippen LogP contribution < -0.4 is 0 Å². The zero-order valence-electron chi connectivity index (χ0n) is 17.1. The first-order valence-corrected chi connectivity index (χ1v) is 10.3. The average Bonchev–Trinajstić information content (AvgIpc) is 3.10. The third kappa shape index (κ3) is 5.28. The lowest BCUT2D eigenvalue weighted by Crippen LogP contribution is -2.07. The third-order valence-corrected chi connectivity index (χ3v) is 4.86. The number of aryl methyl sites for hydroxylation is 2. The van der Waals surface area contributed by atoms with Gasteiger partial charge in [0, 0.05) is 36.8 Å². The normalized spacial score (nSPS) is 11.0. The van der Waals surface area contributed by atoms with Gasteiger partial charge < -0.3 is 5.11 Å². The van der Waals surface area contributed by atoms with Crippen molar-refractivity contribution in [3.8, 4) is 11.1 Å². The highest BCUT2D eigenvalue weighted by Crippen LogP contribution is 2.23. The smallest absolute Gasteiger partial charge is 0.336 e. The van der Waals surface area contributed by atoms with Crippen LogP contribution in [0.25, 0.3) is 11.1 Å². The van der Waals surface area contributed by atoms with Crippen LogP contribution in [0, 0.1) is 0 Å². The third-order valence-electron chi connectivity index (χ3n) is 4.86. The van der Waals surface area contributed by atoms with Crippen LogP contribution in [0.2, 0.25) is 0 Å². The van der Waals surface area contributed by atoms with Gasteiger partial charge in [0.15, 0.2) is 5.82 Å². The molecule has 1 N–H and O–H groups in total. The van der Waals surface area contributed by atoms with Crippen molar-refractivity contribution >= 4 is 5.97 Å². The van der Waals surface area contributed by atoms with Crippen molar-refractivity contribution in [2.24, 2.45) is 0 Å². The number of unbranched alkanes of at least 4 members (excludes halogenated alkanes) is 2. The standard InChI is InChI=1S/C23H28N4O2/c1-3-5-6-11-21-25-22(27(26-21)14-4-2)15-18-13-12-17(16-24-18)19-9-7-8-10-20(19)23(28)29/h7-10,12-13,16H,3-6,11,14-15H2,1-2H3,(H,28,29). The van der Waals surface area contributed by atoms with E-state index in [1.165, 1.54) is 12.8 Å². The fraction of sp³-hybridized carbons (Fsp3) is 0.391. The second kappa shape index (κ2) is 9.96. The van der Waals surface area contributed by atoms with Crippen LogP contribution in [-0.2, 0) is 19.4 Å². The number of nitrogens with zero attached hydrogens (tertiary/aromatic N) is 4. The van der Waals surface area contributed by atoms with Gasteiger partial charge in [-0.15, -0.1) is 0 Å². The average molecular weight is 393 g/mol. The minimum atomic E-state index is -0.937. The van der Waals surface area contributed by atoms with E-state index in [9.17, 15) is 9.90 Å². The molecule has 0 bridgehead atoms. The maximum absolute atomic E-state index is 11.5. The summed E-state index contributed by atoms with van der Waals surface area (Å²) in [5.41, 5.74) is 2.64. The lowest BCUT2D eigenvalue weighted by Gasteiger charge is -2.07. The van der Waals surface area contributed by atoms with E-state index in [4.69, 9.17) is 4.98 Å². The van der Waals surface area contributed by atoms with Crippen molar-refractivity contribution in [1.82, 2.24) is 19.7 Å². The predicted octanol–water partition coefficient (Wildman–Crippen LogP) is 4.77.